The third-order valence-corrected chi connectivity index (χ3v) is 10.2. The maximum absolute atomic E-state index is 5.49. The molecule has 0 spiro atoms. The number of pyridine rings is 2. The molecule has 0 bridgehead atoms. The summed E-state index contributed by atoms with van der Waals surface area (Å²) in [6.45, 7) is 20.4. The second kappa shape index (κ2) is 13.3. The van der Waals surface area contributed by atoms with Gasteiger partial charge in [0.25, 0.3) is 0 Å². The Morgan fingerprint density at radius 1 is 0.547 bits per heavy atom. The number of fused-ring (bicyclic) bond motifs is 4. The van der Waals surface area contributed by atoms with E-state index in [1.165, 1.54) is 22.1 Å². The van der Waals surface area contributed by atoms with Crippen molar-refractivity contribution in [2.45, 2.75) is 78.6 Å². The molecule has 8 aromatic rings. The molecule has 0 amide bonds. The predicted molar refractivity (Wildman–Crippen MR) is 218 cm³/mol. The van der Waals surface area contributed by atoms with E-state index in [1.807, 2.05) is 18.3 Å². The summed E-state index contributed by atoms with van der Waals surface area (Å²) in [5.74, 6) is 0.914. The van der Waals surface area contributed by atoms with Crippen LogP contribution in [-0.4, -0.2) is 14.5 Å². The van der Waals surface area contributed by atoms with Gasteiger partial charge in [0, 0.05) is 23.0 Å². The SMILES string of the molecule is CC(C)(C)c1cc(-c2cc(-c3ccccn3)[c-]c(-c3ccc4c5ccccc5n(-c5[n-]c(C(C)(C)C)c6ccccc56)c4n3)c2)cc(C(C)(C)C)c1.[Pt+2]. The zero-order valence-electron chi connectivity index (χ0n) is 32.1. The maximum Gasteiger partial charge on any atom is 2.00 e. The molecule has 268 valence electrons. The van der Waals surface area contributed by atoms with Crippen molar-refractivity contribution in [1.29, 1.82) is 0 Å². The first-order valence-corrected chi connectivity index (χ1v) is 18.3. The Morgan fingerprint density at radius 3 is 1.75 bits per heavy atom. The Bertz CT molecular complexity index is 2590. The fraction of sp³-hybridized carbons (Fsp3) is 0.250. The third-order valence-electron chi connectivity index (χ3n) is 10.2. The van der Waals surface area contributed by atoms with Gasteiger partial charge < -0.3 is 9.55 Å². The van der Waals surface area contributed by atoms with Crippen molar-refractivity contribution in [2.24, 2.45) is 0 Å². The van der Waals surface area contributed by atoms with Crippen molar-refractivity contribution in [3.63, 3.8) is 0 Å². The molecule has 5 heteroatoms. The van der Waals surface area contributed by atoms with Crippen molar-refractivity contribution >= 4 is 32.7 Å². The van der Waals surface area contributed by atoms with Crippen LogP contribution < -0.4 is 4.98 Å². The summed E-state index contributed by atoms with van der Waals surface area (Å²) >= 11 is 0. The van der Waals surface area contributed by atoms with Gasteiger partial charge in [0.2, 0.25) is 0 Å². The molecule has 0 fully saturated rings. The number of hydrogen-bond donors (Lipinski definition) is 0. The second-order valence-electron chi connectivity index (χ2n) is 17.2. The van der Waals surface area contributed by atoms with Gasteiger partial charge in [-0.2, -0.15) is 0 Å². The molecule has 53 heavy (non-hydrogen) atoms. The third kappa shape index (κ3) is 6.68. The first-order chi connectivity index (χ1) is 24.7. The number of benzene rings is 4. The molecular weight excluding hydrogens is 828 g/mol. The van der Waals surface area contributed by atoms with E-state index >= 15 is 0 Å². The van der Waals surface area contributed by atoms with E-state index in [2.05, 4.69) is 170 Å². The van der Waals surface area contributed by atoms with Gasteiger partial charge in [-0.1, -0.05) is 176 Å². The molecule has 0 aliphatic heterocycles. The maximum atomic E-state index is 5.49. The van der Waals surface area contributed by atoms with E-state index in [9.17, 15) is 0 Å². The molecule has 0 radical (unpaired) electrons. The van der Waals surface area contributed by atoms with Gasteiger partial charge in [-0.05, 0) is 66.5 Å². The van der Waals surface area contributed by atoms with Crippen molar-refractivity contribution < 1.29 is 21.1 Å². The fourth-order valence-electron chi connectivity index (χ4n) is 7.25. The quantitative estimate of drug-likeness (QED) is 0.166. The summed E-state index contributed by atoms with van der Waals surface area (Å²) < 4.78 is 2.26. The van der Waals surface area contributed by atoms with E-state index in [0.29, 0.717) is 0 Å². The molecule has 4 aromatic heterocycles. The Morgan fingerprint density at radius 2 is 1.13 bits per heavy atom. The normalized spacial score (nSPS) is 12.5. The molecule has 4 heterocycles. The van der Waals surface area contributed by atoms with Gasteiger partial charge in [0.05, 0.1) is 5.65 Å². The van der Waals surface area contributed by atoms with E-state index in [4.69, 9.17) is 15.0 Å². The summed E-state index contributed by atoms with van der Waals surface area (Å²) in [5.41, 5.74) is 11.5. The number of para-hydroxylation sites is 1. The number of nitrogens with zero attached hydrogens (tertiary/aromatic N) is 4. The molecule has 0 aliphatic carbocycles. The van der Waals surface area contributed by atoms with Crippen LogP contribution in [0.1, 0.15) is 79.1 Å². The smallest absolute Gasteiger partial charge is 0.438 e. The first-order valence-electron chi connectivity index (χ1n) is 18.3. The van der Waals surface area contributed by atoms with Gasteiger partial charge in [0.1, 0.15) is 0 Å². The fourth-order valence-corrected chi connectivity index (χ4v) is 7.25. The van der Waals surface area contributed by atoms with Crippen molar-refractivity contribution in [1.82, 2.24) is 19.5 Å². The number of aromatic nitrogens is 4. The summed E-state index contributed by atoms with van der Waals surface area (Å²) in [7, 11) is 0. The first kappa shape index (κ1) is 36.6. The summed E-state index contributed by atoms with van der Waals surface area (Å²) in [5, 5.41) is 4.56. The minimum Gasteiger partial charge on any atom is -0.438 e. The number of hydrogen-bond acceptors (Lipinski definition) is 2. The molecule has 0 N–H and O–H groups in total. The molecule has 0 unspecified atom stereocenters. The van der Waals surface area contributed by atoms with Crippen LogP contribution in [0.3, 0.4) is 0 Å². The Kier molecular flexibility index (Phi) is 9.14. The van der Waals surface area contributed by atoms with Crippen LogP contribution in [0.15, 0.2) is 115 Å². The van der Waals surface area contributed by atoms with Gasteiger partial charge in [0.15, 0.2) is 0 Å². The van der Waals surface area contributed by atoms with Crippen molar-refractivity contribution in [3.05, 3.63) is 138 Å². The average molecular weight is 874 g/mol. The van der Waals surface area contributed by atoms with E-state index in [-0.39, 0.29) is 37.3 Å². The standard InChI is InChI=1S/C48H46N4.Pt/c1-46(2,3)34-27-31(28-35(29-34)47(4,5)6)30-24-32(40-19-14-15-23-49-40)26-33(25-30)41-22-21-39-36-16-12-13-20-42(36)52(44(39)50-41)45-38-18-11-10-17-37(38)43(51-45)48(7,8)9;/h10-25,27-29H,1-9H3;/q-2;+2. The van der Waals surface area contributed by atoms with E-state index in [0.717, 1.165) is 66.9 Å². The summed E-state index contributed by atoms with van der Waals surface area (Å²) in [4.78, 5) is 15.6. The monoisotopic (exact) mass is 873 g/mol. The van der Waals surface area contributed by atoms with Crippen molar-refractivity contribution in [2.75, 3.05) is 0 Å². The van der Waals surface area contributed by atoms with Gasteiger partial charge in [-0.25, -0.2) is 0 Å². The zero-order valence-corrected chi connectivity index (χ0v) is 34.3. The largest absolute Gasteiger partial charge is 2.00 e. The Hall–Kier alpha value is -4.79. The molecule has 4 aromatic carbocycles. The second-order valence-corrected chi connectivity index (χ2v) is 17.2. The predicted octanol–water partition coefficient (Wildman–Crippen LogP) is 12.4. The molecule has 0 saturated carbocycles. The van der Waals surface area contributed by atoms with E-state index < -0.39 is 0 Å². The minimum absolute atomic E-state index is 0. The van der Waals surface area contributed by atoms with Crippen LogP contribution >= 0.6 is 0 Å². The Balaban J connectivity index is 0.00000435. The summed E-state index contributed by atoms with van der Waals surface area (Å²) in [6, 6.07) is 42.8. The molecule has 0 atom stereocenters. The summed E-state index contributed by atoms with van der Waals surface area (Å²) in [6.07, 6.45) is 1.85. The van der Waals surface area contributed by atoms with Crippen LogP contribution in [0, 0.1) is 6.07 Å². The van der Waals surface area contributed by atoms with Gasteiger partial charge in [-0.15, -0.1) is 18.2 Å². The van der Waals surface area contributed by atoms with Crippen LogP contribution in [0.4, 0.5) is 0 Å². The molecule has 8 rings (SSSR count). The van der Waals surface area contributed by atoms with Crippen molar-refractivity contribution in [3.8, 4) is 39.5 Å². The minimum atomic E-state index is -0.121. The molecule has 0 saturated heterocycles. The molecule has 0 aliphatic rings. The zero-order chi connectivity index (χ0) is 36.6. The van der Waals surface area contributed by atoms with Gasteiger partial charge in [-0.3, -0.25) is 9.97 Å². The number of rotatable bonds is 4. The molecular formula is C48H46N4Pt. The van der Waals surface area contributed by atoms with Crippen LogP contribution in [0.25, 0.3) is 72.2 Å². The van der Waals surface area contributed by atoms with E-state index in [1.54, 1.807) is 0 Å². The van der Waals surface area contributed by atoms with Crippen LogP contribution in [0.2, 0.25) is 0 Å². The van der Waals surface area contributed by atoms with Gasteiger partial charge >= 0.3 is 21.1 Å². The van der Waals surface area contributed by atoms with Crippen LogP contribution in [0.5, 0.6) is 0 Å². The van der Waals surface area contributed by atoms with Crippen LogP contribution in [-0.2, 0) is 37.3 Å². The Labute approximate surface area is 328 Å². The topological polar surface area (TPSA) is 44.8 Å². The average Bonchev–Trinajstić information content (AvgIpc) is 3.66. The molecule has 4 nitrogen and oxygen atoms in total.